The number of ether oxygens (including phenoxy) is 4. The Bertz CT molecular complexity index is 2710. The second-order valence-electron chi connectivity index (χ2n) is 26.9. The quantitative estimate of drug-likeness (QED) is 0.0169. The van der Waals surface area contributed by atoms with E-state index in [-0.39, 0.29) is 25.7 Å². The van der Waals surface area contributed by atoms with Crippen LogP contribution >= 0.6 is 15.6 Å². The first kappa shape index (κ1) is 102. The lowest BCUT2D eigenvalue weighted by Crippen LogP contribution is -2.30. The second-order valence-corrected chi connectivity index (χ2v) is 29.8. The lowest BCUT2D eigenvalue weighted by Gasteiger charge is -2.21. The van der Waals surface area contributed by atoms with Crippen LogP contribution in [0.25, 0.3) is 0 Å². The van der Waals surface area contributed by atoms with Crippen molar-refractivity contribution in [3.63, 3.8) is 0 Å². The molecule has 3 N–H and O–H groups in total. The van der Waals surface area contributed by atoms with Crippen LogP contribution in [0.2, 0.25) is 0 Å². The summed E-state index contributed by atoms with van der Waals surface area (Å²) in [6.45, 7) is 4.40. The van der Waals surface area contributed by atoms with Crippen LogP contribution < -0.4 is 0 Å². The van der Waals surface area contributed by atoms with Gasteiger partial charge in [-0.25, -0.2) is 9.13 Å². The SMILES string of the molecule is CC/C=C\C/C=C\C/C=C\C/C=C\CCCCCCCCC(=O)OCC(COP(=O)(O)OCC(O)COP(=O)(O)OCC(COC(=O)CCCCCCCC/C=C\C/C=C\C/C=C\C/C=C\CC)OC(=O)CCCCCCC/C=C\C/C=C\CCC)OC(=O)CCCCCC/C=C\C/C=C\C/C=C\C/C=C\CC. The minimum Gasteiger partial charge on any atom is -0.462 e. The van der Waals surface area contributed by atoms with Gasteiger partial charge in [0.15, 0.2) is 12.2 Å². The van der Waals surface area contributed by atoms with Crippen molar-refractivity contribution in [1.82, 2.24) is 0 Å². The summed E-state index contributed by atoms with van der Waals surface area (Å²) >= 11 is 0. The van der Waals surface area contributed by atoms with Gasteiger partial charge in [0.2, 0.25) is 0 Å². The molecule has 0 aliphatic heterocycles. The molecule has 0 aromatic heterocycles. The predicted octanol–water partition coefficient (Wildman–Crippen LogP) is 24.6. The zero-order valence-electron chi connectivity index (χ0n) is 67.2. The summed E-state index contributed by atoms with van der Waals surface area (Å²) in [4.78, 5) is 73.2. The third kappa shape index (κ3) is 78.5. The molecule has 0 heterocycles. The molecule has 17 nitrogen and oxygen atoms in total. The highest BCUT2D eigenvalue weighted by atomic mass is 31.2. The first-order valence-corrected chi connectivity index (χ1v) is 44.4. The van der Waals surface area contributed by atoms with Crippen molar-refractivity contribution < 1.29 is 80.2 Å². The first-order valence-electron chi connectivity index (χ1n) is 41.4. The van der Waals surface area contributed by atoms with E-state index in [1.807, 2.05) is 0 Å². The molecule has 614 valence electrons. The lowest BCUT2D eigenvalue weighted by molar-refractivity contribution is -0.161. The zero-order valence-corrected chi connectivity index (χ0v) is 69.0. The number of esters is 4. The van der Waals surface area contributed by atoms with Crippen molar-refractivity contribution in [1.29, 1.82) is 0 Å². The standard InChI is InChI=1S/C89H146O17P2/c1-5-9-13-17-21-25-29-33-36-39-41-44-46-50-53-57-61-65-69-73-86(91)99-79-84(105-88(93)75-71-67-63-59-55-49-32-28-24-20-16-12-8-4)81-103-107(95,96)101-77-83(90)78-102-108(97,98)104-82-85(106-89(94)76-72-68-64-60-56-52-48-43-38-35-31-27-23-19-15-11-7-3)80-100-87(92)74-70-66-62-58-54-51-47-45-42-40-37-34-30-26-22-18-14-10-6-2/h9-11,13-16,20-23,25-28,32-38,41-42,44-45,48,52,83-85,90H,5-8,12,17-19,24,29-31,39-40,43,46-47,49-51,53-82H2,1-4H3,(H,95,96)(H,97,98)/b13-9-,14-10-,15-11-,20-16-,25-21-,26-22-,27-23-,32-28-,36-33-,37-34-,38-35-,44-41-,45-42-,52-48-. The molecule has 0 fully saturated rings. The van der Waals surface area contributed by atoms with Gasteiger partial charge >= 0.3 is 39.5 Å². The van der Waals surface area contributed by atoms with Crippen LogP contribution in [-0.2, 0) is 65.4 Å². The van der Waals surface area contributed by atoms with E-state index in [9.17, 15) is 43.2 Å². The Morgan fingerprint density at radius 3 is 0.741 bits per heavy atom. The summed E-state index contributed by atoms with van der Waals surface area (Å²) < 4.78 is 68.7. The van der Waals surface area contributed by atoms with Gasteiger partial charge in [0.25, 0.3) is 0 Å². The number of carbonyl (C=O) groups is 4. The van der Waals surface area contributed by atoms with Crippen molar-refractivity contribution in [2.24, 2.45) is 0 Å². The average Bonchev–Trinajstić information content (AvgIpc) is 0.886. The molecule has 0 aliphatic rings. The van der Waals surface area contributed by atoms with Gasteiger partial charge in [-0.2, -0.15) is 0 Å². The van der Waals surface area contributed by atoms with Crippen molar-refractivity contribution in [2.45, 2.75) is 329 Å². The molecule has 5 unspecified atom stereocenters. The number of aliphatic hydroxyl groups is 1. The van der Waals surface area contributed by atoms with Crippen molar-refractivity contribution in [3.8, 4) is 0 Å². The fourth-order valence-electron chi connectivity index (χ4n) is 10.5. The Hall–Kier alpha value is -5.58. The molecule has 0 saturated heterocycles. The van der Waals surface area contributed by atoms with E-state index in [1.54, 1.807) is 0 Å². The Morgan fingerprint density at radius 1 is 0.269 bits per heavy atom. The van der Waals surface area contributed by atoms with Crippen LogP contribution in [0.4, 0.5) is 0 Å². The van der Waals surface area contributed by atoms with Crippen molar-refractivity contribution >= 4 is 39.5 Å². The van der Waals surface area contributed by atoms with Crippen LogP contribution in [-0.4, -0.2) is 96.7 Å². The zero-order chi connectivity index (χ0) is 78.9. The highest BCUT2D eigenvalue weighted by molar-refractivity contribution is 7.47. The van der Waals surface area contributed by atoms with Crippen LogP contribution in [0, 0.1) is 0 Å². The van der Waals surface area contributed by atoms with E-state index < -0.39 is 97.5 Å². The van der Waals surface area contributed by atoms with E-state index in [0.717, 1.165) is 231 Å². The van der Waals surface area contributed by atoms with Gasteiger partial charge in [-0.1, -0.05) is 288 Å². The van der Waals surface area contributed by atoms with Gasteiger partial charge in [0.05, 0.1) is 26.4 Å². The largest absolute Gasteiger partial charge is 0.472 e. The Labute approximate surface area is 654 Å². The van der Waals surface area contributed by atoms with E-state index in [1.165, 1.54) is 0 Å². The van der Waals surface area contributed by atoms with Gasteiger partial charge < -0.3 is 33.8 Å². The number of phosphoric ester groups is 2. The van der Waals surface area contributed by atoms with E-state index >= 15 is 0 Å². The lowest BCUT2D eigenvalue weighted by atomic mass is 10.1. The molecule has 0 bridgehead atoms. The number of aliphatic hydroxyl groups excluding tert-OH is 1. The number of rotatable bonds is 76. The predicted molar refractivity (Wildman–Crippen MR) is 445 cm³/mol. The topological polar surface area (TPSA) is 237 Å². The summed E-state index contributed by atoms with van der Waals surface area (Å²) in [6, 6.07) is 0. The molecule has 0 rings (SSSR count). The van der Waals surface area contributed by atoms with Gasteiger partial charge in [0.1, 0.15) is 19.3 Å². The maximum absolute atomic E-state index is 13.1. The third-order valence-corrected chi connectivity index (χ3v) is 18.5. The van der Waals surface area contributed by atoms with Crippen molar-refractivity contribution in [2.75, 3.05) is 39.6 Å². The highest BCUT2D eigenvalue weighted by Crippen LogP contribution is 2.45. The number of allylic oxidation sites excluding steroid dienone is 28. The normalized spacial score (nSPS) is 14.7. The highest BCUT2D eigenvalue weighted by Gasteiger charge is 2.30. The fraction of sp³-hybridized carbons (Fsp3) is 0.640. The fourth-order valence-corrected chi connectivity index (χ4v) is 12.0. The van der Waals surface area contributed by atoms with Gasteiger partial charge in [-0.05, 0) is 167 Å². The smallest absolute Gasteiger partial charge is 0.462 e. The molecule has 19 heteroatoms. The molecule has 0 spiro atoms. The van der Waals surface area contributed by atoms with Crippen molar-refractivity contribution in [3.05, 3.63) is 170 Å². The Morgan fingerprint density at radius 2 is 0.481 bits per heavy atom. The maximum Gasteiger partial charge on any atom is 0.472 e. The van der Waals surface area contributed by atoms with Crippen LogP contribution in [0.1, 0.15) is 310 Å². The monoisotopic (exact) mass is 1550 g/mol. The molecular formula is C89H146O17P2. The minimum atomic E-state index is -5.00. The molecule has 5 atom stereocenters. The summed E-state index contributed by atoms with van der Waals surface area (Å²) in [5, 5.41) is 10.7. The average molecular weight is 1550 g/mol. The molecule has 0 amide bonds. The van der Waals surface area contributed by atoms with Gasteiger partial charge in [0, 0.05) is 25.7 Å². The first-order chi connectivity index (χ1) is 52.7. The number of hydrogen-bond donors (Lipinski definition) is 3. The summed E-state index contributed by atoms with van der Waals surface area (Å²) in [6.07, 6.45) is 94.6. The molecule has 108 heavy (non-hydrogen) atoms. The van der Waals surface area contributed by atoms with E-state index in [4.69, 9.17) is 37.0 Å². The molecular weight excluding hydrogens is 1400 g/mol. The molecule has 0 radical (unpaired) electrons. The van der Waals surface area contributed by atoms with Crippen LogP contribution in [0.3, 0.4) is 0 Å². The third-order valence-electron chi connectivity index (χ3n) is 16.6. The molecule has 0 saturated carbocycles. The Kier molecular flexibility index (Phi) is 75.4. The number of carbonyl (C=O) groups excluding carboxylic acids is 4. The Balaban J connectivity index is 5.42. The molecule has 0 aromatic carbocycles. The van der Waals surface area contributed by atoms with Gasteiger partial charge in [-0.3, -0.25) is 37.3 Å². The maximum atomic E-state index is 13.1. The van der Waals surface area contributed by atoms with Crippen LogP contribution in [0.5, 0.6) is 0 Å². The summed E-state index contributed by atoms with van der Waals surface area (Å²) in [7, 11) is -10.00. The second kappa shape index (κ2) is 79.5. The number of unbranched alkanes of at least 4 members (excludes halogenated alkanes) is 22. The molecule has 0 aromatic rings. The van der Waals surface area contributed by atoms with E-state index in [2.05, 4.69) is 198 Å². The summed E-state index contributed by atoms with van der Waals surface area (Å²) in [5.41, 5.74) is 0. The minimum absolute atomic E-state index is 0.0574. The van der Waals surface area contributed by atoms with Crippen LogP contribution in [0.15, 0.2) is 170 Å². The molecule has 0 aliphatic carbocycles. The van der Waals surface area contributed by atoms with E-state index in [0.29, 0.717) is 25.7 Å². The summed E-state index contributed by atoms with van der Waals surface area (Å²) in [5.74, 6) is -2.25. The number of hydrogen-bond acceptors (Lipinski definition) is 15. The van der Waals surface area contributed by atoms with Gasteiger partial charge in [-0.15, -0.1) is 0 Å². The number of phosphoric acid groups is 2.